The quantitative estimate of drug-likeness (QED) is 0.832. The lowest BCUT2D eigenvalue weighted by atomic mass is 9.79. The Bertz CT molecular complexity index is 780. The third kappa shape index (κ3) is 4.35. The zero-order valence-electron chi connectivity index (χ0n) is 15.6. The number of hydrogen-bond acceptors (Lipinski definition) is 3. The standard InChI is InChI=1S/C22H26FN3O/c23-20-6-4-18(5-7-20)15-25-12-9-22(16-25)8-2-11-26(17-22)21(27)13-19-3-1-10-24-14-19/h1,3-7,10,14H,2,8-9,11-13,15-17H2/t22-/m1/s1. The van der Waals surface area contributed by atoms with Crippen molar-refractivity contribution < 1.29 is 9.18 Å². The normalized spacial score (nSPS) is 23.1. The van der Waals surface area contributed by atoms with Crippen molar-refractivity contribution in [3.63, 3.8) is 0 Å². The number of nitrogens with zero attached hydrogens (tertiary/aromatic N) is 3. The van der Waals surface area contributed by atoms with Gasteiger partial charge in [0.2, 0.25) is 5.91 Å². The summed E-state index contributed by atoms with van der Waals surface area (Å²) in [7, 11) is 0. The average Bonchev–Trinajstić information content (AvgIpc) is 3.06. The van der Waals surface area contributed by atoms with Crippen LogP contribution in [0.25, 0.3) is 0 Å². The van der Waals surface area contributed by atoms with Gasteiger partial charge in [0, 0.05) is 44.0 Å². The Kier molecular flexibility index (Phi) is 5.21. The van der Waals surface area contributed by atoms with Crippen LogP contribution in [0.2, 0.25) is 0 Å². The molecule has 3 heterocycles. The van der Waals surface area contributed by atoms with Crippen LogP contribution in [0.4, 0.5) is 4.39 Å². The fraction of sp³-hybridized carbons (Fsp3) is 0.455. The molecular formula is C22H26FN3O. The molecule has 1 spiro atoms. The first-order chi connectivity index (χ1) is 13.1. The number of benzene rings is 1. The van der Waals surface area contributed by atoms with E-state index < -0.39 is 0 Å². The van der Waals surface area contributed by atoms with Crippen LogP contribution in [-0.4, -0.2) is 46.9 Å². The van der Waals surface area contributed by atoms with Crippen LogP contribution in [0.5, 0.6) is 0 Å². The lowest BCUT2D eigenvalue weighted by molar-refractivity contribution is -0.133. The summed E-state index contributed by atoms with van der Waals surface area (Å²) in [5.74, 6) is 0.0192. The summed E-state index contributed by atoms with van der Waals surface area (Å²) in [6.45, 7) is 4.62. The number of halogens is 1. The molecular weight excluding hydrogens is 341 g/mol. The molecule has 0 radical (unpaired) electrons. The van der Waals surface area contributed by atoms with Crippen LogP contribution in [0, 0.1) is 11.2 Å². The number of carbonyl (C=O) groups excluding carboxylic acids is 1. The van der Waals surface area contributed by atoms with Crippen LogP contribution in [-0.2, 0) is 17.8 Å². The first-order valence-corrected chi connectivity index (χ1v) is 9.75. The van der Waals surface area contributed by atoms with Crippen LogP contribution < -0.4 is 0 Å². The number of likely N-dealkylation sites (tertiary alicyclic amines) is 2. The molecule has 1 amide bonds. The molecule has 5 heteroatoms. The summed E-state index contributed by atoms with van der Waals surface area (Å²) in [5.41, 5.74) is 2.34. The van der Waals surface area contributed by atoms with Gasteiger partial charge < -0.3 is 4.90 Å². The average molecular weight is 367 g/mol. The van der Waals surface area contributed by atoms with Crippen molar-refractivity contribution in [2.45, 2.75) is 32.2 Å². The first kappa shape index (κ1) is 18.1. The highest BCUT2D eigenvalue weighted by atomic mass is 19.1. The fourth-order valence-corrected chi connectivity index (χ4v) is 4.55. The lowest BCUT2D eigenvalue weighted by Crippen LogP contribution is -2.47. The Morgan fingerprint density at radius 3 is 2.70 bits per heavy atom. The predicted octanol–water partition coefficient (Wildman–Crippen LogP) is 3.28. The van der Waals surface area contributed by atoms with Gasteiger partial charge in [0.15, 0.2) is 0 Å². The zero-order valence-corrected chi connectivity index (χ0v) is 15.6. The van der Waals surface area contributed by atoms with Gasteiger partial charge in [0.1, 0.15) is 5.82 Å². The van der Waals surface area contributed by atoms with Gasteiger partial charge in [0.05, 0.1) is 6.42 Å². The third-order valence-corrected chi connectivity index (χ3v) is 5.93. The molecule has 2 aromatic rings. The van der Waals surface area contributed by atoms with E-state index in [1.165, 1.54) is 18.6 Å². The second kappa shape index (κ2) is 7.77. The third-order valence-electron chi connectivity index (χ3n) is 5.93. The Morgan fingerprint density at radius 2 is 1.93 bits per heavy atom. The maximum atomic E-state index is 13.1. The van der Waals surface area contributed by atoms with E-state index in [0.29, 0.717) is 6.42 Å². The van der Waals surface area contributed by atoms with Gasteiger partial charge >= 0.3 is 0 Å². The Morgan fingerprint density at radius 1 is 1.07 bits per heavy atom. The SMILES string of the molecule is O=C(Cc1cccnc1)N1CCC[C@]2(CCN(Cc3ccc(F)cc3)C2)C1. The number of pyridine rings is 1. The van der Waals surface area contributed by atoms with Gasteiger partial charge in [-0.2, -0.15) is 0 Å². The van der Waals surface area contributed by atoms with E-state index >= 15 is 0 Å². The Labute approximate surface area is 160 Å². The number of carbonyl (C=O) groups is 1. The van der Waals surface area contributed by atoms with Gasteiger partial charge in [-0.25, -0.2) is 4.39 Å². The molecule has 27 heavy (non-hydrogen) atoms. The number of aromatic nitrogens is 1. The summed E-state index contributed by atoms with van der Waals surface area (Å²) in [6.07, 6.45) is 7.33. The topological polar surface area (TPSA) is 36.4 Å². The number of hydrogen-bond donors (Lipinski definition) is 0. The molecule has 4 nitrogen and oxygen atoms in total. The summed E-state index contributed by atoms with van der Waals surface area (Å²) < 4.78 is 13.1. The molecule has 1 atom stereocenters. The fourth-order valence-electron chi connectivity index (χ4n) is 4.55. The predicted molar refractivity (Wildman–Crippen MR) is 102 cm³/mol. The van der Waals surface area contributed by atoms with Gasteiger partial charge in [-0.1, -0.05) is 18.2 Å². The van der Waals surface area contributed by atoms with Gasteiger partial charge in [-0.3, -0.25) is 14.7 Å². The molecule has 2 aliphatic heterocycles. The summed E-state index contributed by atoms with van der Waals surface area (Å²) in [5, 5.41) is 0. The van der Waals surface area contributed by atoms with E-state index in [1.54, 1.807) is 12.4 Å². The molecule has 2 fully saturated rings. The molecule has 0 aliphatic carbocycles. The van der Waals surface area contributed by atoms with Crippen LogP contribution in [0.1, 0.15) is 30.4 Å². The Hall–Kier alpha value is -2.27. The highest BCUT2D eigenvalue weighted by molar-refractivity contribution is 5.78. The minimum Gasteiger partial charge on any atom is -0.342 e. The minimum absolute atomic E-state index is 0.188. The highest BCUT2D eigenvalue weighted by Crippen LogP contribution is 2.39. The van der Waals surface area contributed by atoms with Crippen molar-refractivity contribution in [2.75, 3.05) is 26.2 Å². The van der Waals surface area contributed by atoms with Crippen LogP contribution in [0.3, 0.4) is 0 Å². The second-order valence-corrected chi connectivity index (χ2v) is 8.04. The smallest absolute Gasteiger partial charge is 0.227 e. The van der Waals surface area contributed by atoms with E-state index in [4.69, 9.17) is 0 Å². The monoisotopic (exact) mass is 367 g/mol. The van der Waals surface area contributed by atoms with Gasteiger partial charge in [0.25, 0.3) is 0 Å². The van der Waals surface area contributed by atoms with Crippen molar-refractivity contribution >= 4 is 5.91 Å². The molecule has 0 unspecified atom stereocenters. The van der Waals surface area contributed by atoms with Crippen molar-refractivity contribution in [3.8, 4) is 0 Å². The molecule has 1 aromatic carbocycles. The van der Waals surface area contributed by atoms with Crippen molar-refractivity contribution in [1.82, 2.24) is 14.8 Å². The largest absolute Gasteiger partial charge is 0.342 e. The van der Waals surface area contributed by atoms with E-state index in [-0.39, 0.29) is 17.1 Å². The number of amides is 1. The highest BCUT2D eigenvalue weighted by Gasteiger charge is 2.42. The van der Waals surface area contributed by atoms with Crippen molar-refractivity contribution in [1.29, 1.82) is 0 Å². The number of rotatable bonds is 4. The molecule has 2 saturated heterocycles. The molecule has 142 valence electrons. The maximum absolute atomic E-state index is 13.1. The Balaban J connectivity index is 1.36. The van der Waals surface area contributed by atoms with E-state index in [9.17, 15) is 9.18 Å². The molecule has 1 aromatic heterocycles. The summed E-state index contributed by atoms with van der Waals surface area (Å²) >= 11 is 0. The zero-order chi connectivity index (χ0) is 18.7. The van der Waals surface area contributed by atoms with Crippen LogP contribution >= 0.6 is 0 Å². The maximum Gasteiger partial charge on any atom is 0.227 e. The van der Waals surface area contributed by atoms with Crippen LogP contribution in [0.15, 0.2) is 48.8 Å². The minimum atomic E-state index is -0.188. The molecule has 0 N–H and O–H groups in total. The van der Waals surface area contributed by atoms with E-state index in [2.05, 4.69) is 14.8 Å². The van der Waals surface area contributed by atoms with E-state index in [1.807, 2.05) is 24.3 Å². The van der Waals surface area contributed by atoms with Crippen molar-refractivity contribution in [3.05, 3.63) is 65.7 Å². The molecule has 2 aliphatic rings. The lowest BCUT2D eigenvalue weighted by Gasteiger charge is -2.40. The van der Waals surface area contributed by atoms with Gasteiger partial charge in [-0.15, -0.1) is 0 Å². The first-order valence-electron chi connectivity index (χ1n) is 9.75. The van der Waals surface area contributed by atoms with E-state index in [0.717, 1.165) is 56.7 Å². The molecule has 4 rings (SSSR count). The van der Waals surface area contributed by atoms with Gasteiger partial charge in [-0.05, 0) is 55.1 Å². The molecule has 0 saturated carbocycles. The summed E-state index contributed by atoms with van der Waals surface area (Å²) in [6, 6.07) is 10.6. The second-order valence-electron chi connectivity index (χ2n) is 8.04. The summed E-state index contributed by atoms with van der Waals surface area (Å²) in [4.78, 5) is 21.4. The van der Waals surface area contributed by atoms with Crippen molar-refractivity contribution in [2.24, 2.45) is 5.41 Å². The number of piperidine rings is 1. The molecule has 0 bridgehead atoms.